The molecule has 9 aromatic heterocycles. The number of hydrogen-bond donors (Lipinski definition) is 2. The highest BCUT2D eigenvalue weighted by Gasteiger charge is 2.43. The van der Waals surface area contributed by atoms with Gasteiger partial charge in [0, 0.05) is 134 Å². The van der Waals surface area contributed by atoms with Gasteiger partial charge in [0.15, 0.2) is 34.7 Å². The largest absolute Gasteiger partial charge is 0.480 e. The number of carboxylic acids is 1. The molecule has 132 heavy (non-hydrogen) atoms. The molecule has 0 spiro atoms. The molecular formula is C94H101Br3F4N18O13. The summed E-state index contributed by atoms with van der Waals surface area (Å²) in [4.78, 5) is 163. The number of carboxylic acid groups (broad SMARTS) is 1. The van der Waals surface area contributed by atoms with E-state index in [-0.39, 0.29) is 130 Å². The number of nitrogens with zero attached hydrogens (tertiary/aromatic N) is 17. The first-order valence-corrected chi connectivity index (χ1v) is 44.2. The molecule has 0 radical (unpaired) electrons. The predicted octanol–water partition coefficient (Wildman–Crippen LogP) is 15.8. The second-order valence-electron chi connectivity index (χ2n) is 33.7. The van der Waals surface area contributed by atoms with Crippen molar-refractivity contribution in [3.05, 3.63) is 210 Å². The quantitative estimate of drug-likeness (QED) is 0.0292. The third-order valence-electron chi connectivity index (χ3n) is 20.8. The molecule has 0 aliphatic carbocycles. The minimum Gasteiger partial charge on any atom is -0.480 e. The van der Waals surface area contributed by atoms with E-state index >= 15 is 0 Å². The van der Waals surface area contributed by atoms with E-state index < -0.39 is 72.9 Å². The summed E-state index contributed by atoms with van der Waals surface area (Å²) < 4.78 is 73.6. The number of hydrogen-bond acceptors (Lipinski definition) is 25. The lowest BCUT2D eigenvalue weighted by Crippen LogP contribution is -2.44. The van der Waals surface area contributed by atoms with Gasteiger partial charge in [-0.3, -0.25) is 66.5 Å². The van der Waals surface area contributed by atoms with Crippen LogP contribution in [0.1, 0.15) is 166 Å². The Kier molecular flexibility index (Phi) is 33.9. The number of fused-ring (bicyclic) bond motifs is 3. The number of pyridine rings is 3. The highest BCUT2D eigenvalue weighted by atomic mass is 79.9. The summed E-state index contributed by atoms with van der Waals surface area (Å²) in [6.07, 6.45) is 6.83. The number of carbonyl (C=O) groups is 10. The van der Waals surface area contributed by atoms with E-state index in [4.69, 9.17) is 16.0 Å². The fraction of sp³-hybridized carbons (Fsp3) is 0.383. The minimum atomic E-state index is -1.30. The summed E-state index contributed by atoms with van der Waals surface area (Å²) in [6, 6.07) is 25.3. The van der Waals surface area contributed by atoms with Crippen molar-refractivity contribution in [2.75, 3.05) is 26.8 Å². The number of ether oxygens (including phenoxy) is 2. The first-order chi connectivity index (χ1) is 62.7. The van der Waals surface area contributed by atoms with E-state index in [9.17, 15) is 65.5 Å². The van der Waals surface area contributed by atoms with E-state index in [1.165, 1.54) is 39.9 Å². The number of halogens is 7. The van der Waals surface area contributed by atoms with Crippen molar-refractivity contribution in [1.29, 1.82) is 0 Å². The van der Waals surface area contributed by atoms with Crippen molar-refractivity contribution in [3.63, 3.8) is 0 Å². The van der Waals surface area contributed by atoms with E-state index in [0.29, 0.717) is 81.3 Å². The fourth-order valence-electron chi connectivity index (χ4n) is 15.1. The maximum absolute atomic E-state index is 14.5. The number of amides is 2. The van der Waals surface area contributed by atoms with E-state index in [1.807, 2.05) is 97.9 Å². The van der Waals surface area contributed by atoms with Crippen LogP contribution in [0.4, 0.5) is 22.4 Å². The standard InChI is InChI=1S/C28H26BrFN6O3.C21H24N4O3.C17H16N4O3.C16H20BrFN2O3.C11H12BrFN2O.CH3F/c1-15-7-18(19-11-31-17(3)32-12-19)8-22-27(16(2)37)34-36(28(15)22)14-26(39)35-13-20(30)9-23(35)24(38)10-21-5-4-6-25(29)33-21;1-12-7-15(16-9-22-14(3)23-10-16)8-17-19(13(2)26)24-25(20(12)17)11-18(27)28-21(4,5)6;1-9-4-12(13-6-18-11(3)19-7-13)5-14-16(10(2)22)20-21(17(9)14)8-15(23)24;1-16(2,3)23-15(22)20-9-10(18)7-12(20)13(21)8-11-5-4-6-14(17)19-11;12-11-3-1-2-8(15-11)5-10(16)9-4-7(13)6-14-9;1-2/h4-8,11-12,20,23H,9-10,13-14H2,1-3H3;7-10H,11H2,1-6H3;4-7H,8H2,1-3H3,(H,23,24);4-6,10,12H,7-9H2,1-3H3;1-3,7,9,14H,4-6H2;1H3/t20-,23+;;;10-,12+;7-,9+;/m1..11./s1/i;;;;;1D. The fourth-order valence-corrected chi connectivity index (χ4v) is 16.3. The Morgan fingerprint density at radius 1 is 0.462 bits per heavy atom. The third kappa shape index (κ3) is 27.2. The zero-order chi connectivity index (χ0) is 97.4. The van der Waals surface area contributed by atoms with Gasteiger partial charge in [0.25, 0.3) is 0 Å². The zero-order valence-corrected chi connectivity index (χ0v) is 80.1. The lowest BCUT2D eigenvalue weighted by molar-refractivity contribution is -0.155. The van der Waals surface area contributed by atoms with Gasteiger partial charge in [-0.2, -0.15) is 15.3 Å². The Morgan fingerprint density at radius 3 is 1.12 bits per heavy atom. The molecule has 12 heterocycles. The van der Waals surface area contributed by atoms with Gasteiger partial charge in [-0.25, -0.2) is 62.8 Å². The van der Waals surface area contributed by atoms with Gasteiger partial charge in [0.1, 0.15) is 97.7 Å². The Bertz CT molecular complexity index is 6330. The number of ketones is 6. The number of Topliss-reactive ketones (excluding diaryl/α,β-unsaturated/α-hetero) is 6. The minimum absolute atomic E-state index is 0.00532. The van der Waals surface area contributed by atoms with E-state index in [0.717, 1.165) is 55.6 Å². The summed E-state index contributed by atoms with van der Waals surface area (Å²) >= 11 is 9.78. The first-order valence-electron chi connectivity index (χ1n) is 42.5. The van der Waals surface area contributed by atoms with Crippen LogP contribution in [0, 0.1) is 41.5 Å². The Morgan fingerprint density at radius 2 is 0.795 bits per heavy atom. The van der Waals surface area contributed by atoms with Gasteiger partial charge in [-0.15, -0.1) is 0 Å². The smallest absolute Gasteiger partial charge is 0.411 e. The Labute approximate surface area is 785 Å². The predicted molar refractivity (Wildman–Crippen MR) is 496 cm³/mol. The normalized spacial score (nSPS) is 16.4. The number of rotatable bonds is 21. The highest BCUT2D eigenvalue weighted by molar-refractivity contribution is 9.11. The van der Waals surface area contributed by atoms with Crippen molar-refractivity contribution in [1.82, 2.24) is 89.3 Å². The van der Waals surface area contributed by atoms with E-state index in [1.54, 1.807) is 118 Å². The van der Waals surface area contributed by atoms with Gasteiger partial charge in [0.05, 0.1) is 75.6 Å². The number of aromatic nitrogens is 15. The van der Waals surface area contributed by atoms with Gasteiger partial charge in [-0.05, 0) is 237 Å². The second kappa shape index (κ2) is 44.7. The summed E-state index contributed by atoms with van der Waals surface area (Å²) in [5, 5.41) is 26.9. The molecule has 2 amide bonds. The molecule has 3 fully saturated rings. The third-order valence-corrected chi connectivity index (χ3v) is 22.1. The lowest BCUT2D eigenvalue weighted by atomic mass is 10.0. The summed E-state index contributed by atoms with van der Waals surface area (Å²) in [5.74, 6) is -0.955. The molecule has 2 N–H and O–H groups in total. The number of aliphatic carboxylic acids is 1. The number of likely N-dealkylation sites (tertiary alicyclic amines) is 2. The first kappa shape index (κ1) is 100. The molecule has 0 bridgehead atoms. The molecule has 15 rings (SSSR count). The number of carbonyl (C=O) groups excluding carboxylic acids is 9. The van der Waals surface area contributed by atoms with Crippen LogP contribution in [0.15, 0.2) is 142 Å². The maximum Gasteiger partial charge on any atom is 0.411 e. The molecule has 31 nitrogen and oxygen atoms in total. The Hall–Kier alpha value is -12.4. The number of alkyl halides is 4. The van der Waals surface area contributed by atoms with Gasteiger partial charge < -0.3 is 24.8 Å². The molecule has 38 heteroatoms. The van der Waals surface area contributed by atoms with Crippen molar-refractivity contribution >= 4 is 139 Å². The molecule has 0 saturated carbocycles. The van der Waals surface area contributed by atoms with Crippen molar-refractivity contribution in [2.45, 2.75) is 210 Å². The van der Waals surface area contributed by atoms with Crippen molar-refractivity contribution < 1.29 is 81.5 Å². The van der Waals surface area contributed by atoms with Crippen LogP contribution >= 0.6 is 47.8 Å². The maximum atomic E-state index is 14.5. The molecule has 0 unspecified atom stereocenters. The SMILES string of the molecule is CC(=O)c1nn(CC(=O)N2C[C@H](F)C[C@H]2C(=O)Cc2cccc(Br)n2)c2c(C)cc(-c3cnc(C)nc3)cc12.CC(=O)c1nn(CC(=O)O)c2c(C)cc(-c3cnc(C)nc3)cc12.CC(=O)c1nn(CC(=O)OC(C)(C)C)c2c(C)cc(-c3cnc(C)nc3)cc12.CC(C)(C)OC(=O)N1C[C@H](F)C[C@H]1C(=O)Cc1cccc(Br)n1.O=C(Cc1cccc(Br)n1)[C@@H]1C[C@@H](F)CN1.[2H]CF. The zero-order valence-electron chi connectivity index (χ0n) is 76.4. The molecule has 694 valence electrons. The lowest BCUT2D eigenvalue weighted by Gasteiger charge is -2.27. The second-order valence-corrected chi connectivity index (χ2v) is 36.2. The number of nitrogens with one attached hydrogen (secondary N) is 1. The Balaban J connectivity index is 0.000000176. The monoisotopic (exact) mass is 2000 g/mol. The van der Waals surface area contributed by atoms with Crippen molar-refractivity contribution in [2.24, 2.45) is 0 Å². The van der Waals surface area contributed by atoms with Crippen molar-refractivity contribution in [3.8, 4) is 33.4 Å². The molecule has 12 aromatic rings. The van der Waals surface area contributed by atoms with Crippen LogP contribution in [0.2, 0.25) is 0 Å². The topological polar surface area (TPSA) is 397 Å². The van der Waals surface area contributed by atoms with E-state index in [2.05, 4.69) is 113 Å². The van der Waals surface area contributed by atoms with Gasteiger partial charge >= 0.3 is 18.0 Å². The summed E-state index contributed by atoms with van der Waals surface area (Å²) in [7, 11) is -1.00. The molecule has 6 atom stereocenters. The van der Waals surface area contributed by atoms with Crippen LogP contribution in [0.5, 0.6) is 0 Å². The molecule has 3 aliphatic heterocycles. The molecule has 3 aliphatic rings. The molecule has 3 aromatic carbocycles. The summed E-state index contributed by atoms with van der Waals surface area (Å²) in [5.41, 5.74) is 11.0. The molecule has 3 saturated heterocycles. The average molecular weight is 2010 g/mol. The van der Waals surface area contributed by atoms with Crippen LogP contribution in [0.3, 0.4) is 0 Å². The average Bonchev–Trinajstić information content (AvgIpc) is 1.63. The number of benzene rings is 3. The van der Waals surface area contributed by atoms with Crippen LogP contribution in [0.25, 0.3) is 66.1 Å². The van der Waals surface area contributed by atoms with Crippen LogP contribution in [-0.2, 0) is 77.1 Å². The summed E-state index contributed by atoms with van der Waals surface area (Å²) in [6.45, 7) is 25.5. The van der Waals surface area contributed by atoms with Gasteiger partial charge in [0.2, 0.25) is 5.91 Å². The van der Waals surface area contributed by atoms with Gasteiger partial charge in [-0.1, -0.05) is 18.2 Å². The molecular weight excluding hydrogens is 1900 g/mol. The van der Waals surface area contributed by atoms with Crippen LogP contribution < -0.4 is 5.32 Å². The number of aryl methyl sites for hydroxylation is 6. The number of esters is 1. The highest BCUT2D eigenvalue weighted by Crippen LogP contribution is 2.35. The van der Waals surface area contributed by atoms with Crippen LogP contribution in [-0.4, -0.2) is 222 Å².